The van der Waals surface area contributed by atoms with E-state index in [-0.39, 0.29) is 54.1 Å². The Balaban J connectivity index is 0. The van der Waals surface area contributed by atoms with Crippen LogP contribution in [0.3, 0.4) is 0 Å². The van der Waals surface area contributed by atoms with Gasteiger partial charge in [0.15, 0.2) is 17.4 Å². The Morgan fingerprint density at radius 2 is 1.68 bits per heavy atom. The number of carbonyl (C=O) groups is 1. The van der Waals surface area contributed by atoms with Crippen molar-refractivity contribution in [3.63, 3.8) is 0 Å². The Hall–Kier alpha value is -1.58. The number of nitrogen functional groups attached to an aromatic ring is 2. The van der Waals surface area contributed by atoms with E-state index in [4.69, 9.17) is 26.4 Å². The molecule has 1 aliphatic rings. The third-order valence-corrected chi connectivity index (χ3v) is 3.27. The standard InChI is InChI=1S/C7H6FNO2.C7H8FNO.C4H7O.Al.Li.3H/c8-4-2-1-3-5(9)6(4)7(10)11;8-6-2-1-3-7(9)5(6)4-10;1-2-4-5-3-1;;;;;/h1-3H,9H2,(H,10,11);1-3,10H,4,9H2;3H,1-2,4H2;;;;;/q;;-1;;+1;;;. The molecule has 0 spiro atoms. The van der Waals surface area contributed by atoms with E-state index in [0.29, 0.717) is 5.69 Å². The second-order valence-electron chi connectivity index (χ2n) is 5.15. The first-order valence-electron chi connectivity index (χ1n) is 7.72. The molecule has 1 fully saturated rings. The average Bonchev–Trinajstić information content (AvgIpc) is 3.15. The molecule has 0 bridgehead atoms. The number of aliphatic hydroxyl groups is 1. The molecule has 3 rings (SSSR count). The Morgan fingerprint density at radius 1 is 1.11 bits per heavy atom. The molecule has 1 aliphatic heterocycles. The molecule has 10 heteroatoms. The molecule has 6 N–H and O–H groups in total. The van der Waals surface area contributed by atoms with Gasteiger partial charge in [0.05, 0.1) is 6.61 Å². The van der Waals surface area contributed by atoms with Crippen LogP contribution >= 0.6 is 0 Å². The van der Waals surface area contributed by atoms with Crippen LogP contribution in [-0.2, 0) is 11.3 Å². The number of nitrogens with two attached hydrogens (primary N) is 2. The van der Waals surface area contributed by atoms with E-state index in [2.05, 4.69) is 0 Å². The van der Waals surface area contributed by atoms with Crippen LogP contribution in [0.1, 0.15) is 28.8 Å². The third-order valence-electron chi connectivity index (χ3n) is 3.27. The van der Waals surface area contributed by atoms with Crippen molar-refractivity contribution in [3.8, 4) is 0 Å². The summed E-state index contributed by atoms with van der Waals surface area (Å²) in [6, 6.07) is 8.07. The van der Waals surface area contributed by atoms with Crippen LogP contribution in [0.15, 0.2) is 36.4 Å². The number of carboxylic acids is 1. The monoisotopic (exact) mass is 404 g/mol. The van der Waals surface area contributed by atoms with Gasteiger partial charge in [0.2, 0.25) is 0 Å². The topological polar surface area (TPSA) is 119 Å². The minimum Gasteiger partial charge on any atom is -0.552 e. The van der Waals surface area contributed by atoms with E-state index in [1.54, 1.807) is 6.07 Å². The van der Waals surface area contributed by atoms with Crippen LogP contribution in [0.4, 0.5) is 20.2 Å². The van der Waals surface area contributed by atoms with Gasteiger partial charge in [-0.3, -0.25) is 0 Å². The largest absolute Gasteiger partial charge is 1.00 e. The van der Waals surface area contributed by atoms with Crippen LogP contribution in [0.2, 0.25) is 0 Å². The summed E-state index contributed by atoms with van der Waals surface area (Å²) in [5, 5.41) is 17.0. The maximum absolute atomic E-state index is 12.6. The molecule has 2 aromatic rings. The number of rotatable bonds is 2. The smallest absolute Gasteiger partial charge is 0.552 e. The van der Waals surface area contributed by atoms with Gasteiger partial charge < -0.3 is 26.4 Å². The summed E-state index contributed by atoms with van der Waals surface area (Å²) in [5.74, 6) is -2.61. The quantitative estimate of drug-likeness (QED) is 0.283. The summed E-state index contributed by atoms with van der Waals surface area (Å²) in [4.78, 5) is 10.3. The van der Waals surface area contributed by atoms with Crippen LogP contribution in [0.25, 0.3) is 0 Å². The van der Waals surface area contributed by atoms with Crippen LogP contribution < -0.4 is 30.3 Å². The maximum atomic E-state index is 12.6. The first kappa shape index (κ1) is 28.6. The molecule has 0 amide bonds. The number of halogens is 2. The Kier molecular flexibility index (Phi) is 15.7. The van der Waals surface area contributed by atoms with Crippen LogP contribution in [-0.4, -0.2) is 40.2 Å². The zero-order chi connectivity index (χ0) is 19.5. The first-order valence-corrected chi connectivity index (χ1v) is 7.72. The van der Waals surface area contributed by atoms with Gasteiger partial charge in [-0.1, -0.05) is 18.6 Å². The second-order valence-corrected chi connectivity index (χ2v) is 5.15. The fourth-order valence-corrected chi connectivity index (χ4v) is 1.93. The van der Waals surface area contributed by atoms with E-state index >= 15 is 0 Å². The summed E-state index contributed by atoms with van der Waals surface area (Å²) < 4.78 is 30.1. The first-order chi connectivity index (χ1) is 12.4. The number of benzene rings is 2. The molecule has 0 aliphatic carbocycles. The van der Waals surface area contributed by atoms with E-state index < -0.39 is 23.2 Å². The van der Waals surface area contributed by atoms with E-state index in [0.717, 1.165) is 19.1 Å². The van der Waals surface area contributed by atoms with Gasteiger partial charge >= 0.3 is 24.8 Å². The molecule has 0 saturated carbocycles. The van der Waals surface area contributed by atoms with Gasteiger partial charge in [0.25, 0.3) is 0 Å². The number of anilines is 2. The molecule has 2 aromatic carbocycles. The van der Waals surface area contributed by atoms with Crippen LogP contribution in [0, 0.1) is 18.2 Å². The molecule has 148 valence electrons. The van der Waals surface area contributed by atoms with Gasteiger partial charge in [-0.2, -0.15) is 6.42 Å². The number of hydrogen-bond donors (Lipinski definition) is 4. The fraction of sp³-hybridized carbons (Fsp3) is 0.222. The predicted octanol–water partition coefficient (Wildman–Crippen LogP) is -1.22. The van der Waals surface area contributed by atoms with Gasteiger partial charge in [-0.25, -0.2) is 20.2 Å². The van der Waals surface area contributed by atoms with Crippen molar-refractivity contribution in [2.45, 2.75) is 19.4 Å². The Morgan fingerprint density at radius 3 is 1.96 bits per heavy atom. The maximum Gasteiger partial charge on any atom is 1.00 e. The molecule has 6 nitrogen and oxygen atoms in total. The van der Waals surface area contributed by atoms with Crippen molar-refractivity contribution in [2.75, 3.05) is 18.1 Å². The Labute approximate surface area is 185 Å². The number of carboxylic acid groups (broad SMARTS) is 1. The molecule has 1 saturated heterocycles. The normalized spacial score (nSPS) is 11.5. The molecule has 28 heavy (non-hydrogen) atoms. The van der Waals surface area contributed by atoms with E-state index in [1.807, 2.05) is 6.61 Å². The van der Waals surface area contributed by atoms with Gasteiger partial charge in [0, 0.05) is 23.5 Å². The van der Waals surface area contributed by atoms with E-state index in [1.165, 1.54) is 30.7 Å². The van der Waals surface area contributed by atoms with Crippen molar-refractivity contribution >= 4 is 34.7 Å². The number of aliphatic hydroxyl groups excluding tert-OH is 1. The average molecular weight is 404 g/mol. The molecule has 0 radical (unpaired) electrons. The summed E-state index contributed by atoms with van der Waals surface area (Å²) in [6.45, 7) is 2.46. The number of ether oxygens (including phenoxy) is 1. The summed E-state index contributed by atoms with van der Waals surface area (Å²) in [6.07, 6.45) is 2.38. The third kappa shape index (κ3) is 9.57. The van der Waals surface area contributed by atoms with Gasteiger partial charge in [-0.15, -0.1) is 0 Å². The van der Waals surface area contributed by atoms with Crippen molar-refractivity contribution in [3.05, 3.63) is 65.8 Å². The van der Waals surface area contributed by atoms with Gasteiger partial charge in [-0.05, 0) is 24.3 Å². The molecular weight excluding hydrogens is 380 g/mol. The molecular formula is C18H24AlF2LiN2O4. The number of hydrogen-bond acceptors (Lipinski definition) is 5. The number of aromatic carboxylic acids is 1. The van der Waals surface area contributed by atoms with Crippen LogP contribution in [0.5, 0.6) is 0 Å². The van der Waals surface area contributed by atoms with Gasteiger partial charge in [0.1, 0.15) is 17.2 Å². The van der Waals surface area contributed by atoms with Crippen molar-refractivity contribution in [1.82, 2.24) is 0 Å². The fourth-order valence-electron chi connectivity index (χ4n) is 1.93. The molecule has 0 unspecified atom stereocenters. The predicted molar refractivity (Wildman–Crippen MR) is 104 cm³/mol. The molecule has 0 atom stereocenters. The zero-order valence-electron chi connectivity index (χ0n) is 15.0. The summed E-state index contributed by atoms with van der Waals surface area (Å²) >= 11 is 0. The second kappa shape index (κ2) is 15.4. The van der Waals surface area contributed by atoms with E-state index in [9.17, 15) is 13.6 Å². The minimum absolute atomic E-state index is 0. The zero-order valence-corrected chi connectivity index (χ0v) is 15.0. The van der Waals surface area contributed by atoms with Crippen molar-refractivity contribution < 1.29 is 47.4 Å². The summed E-state index contributed by atoms with van der Waals surface area (Å²) in [7, 11) is 0. The molecule has 1 heterocycles. The summed E-state index contributed by atoms with van der Waals surface area (Å²) in [5.41, 5.74) is 10.5. The minimum atomic E-state index is -1.35. The molecule has 0 aromatic heterocycles. The van der Waals surface area contributed by atoms with Crippen molar-refractivity contribution in [2.24, 2.45) is 0 Å². The SMILES string of the molecule is Nc1cccc(F)c1C(=O)O.Nc1cccc(F)c1CO.[AlH3].[CH-]1CCCO1.[Li+]. The Bertz CT molecular complexity index is 687. The van der Waals surface area contributed by atoms with Crippen molar-refractivity contribution in [1.29, 1.82) is 0 Å².